The Morgan fingerprint density at radius 1 is 1.00 bits per heavy atom. The Labute approximate surface area is 147 Å². The first kappa shape index (κ1) is 15.2. The van der Waals surface area contributed by atoms with Crippen molar-refractivity contribution < 1.29 is 9.59 Å². The van der Waals surface area contributed by atoms with Crippen LogP contribution >= 0.6 is 0 Å². The summed E-state index contributed by atoms with van der Waals surface area (Å²) in [6.07, 6.45) is 7.88. The molecule has 0 atom stereocenters. The fraction of sp³-hybridized carbons (Fsp3) is 0.600. The normalized spacial score (nSPS) is 35.0. The highest BCUT2D eigenvalue weighted by Gasteiger charge is 2.48. The van der Waals surface area contributed by atoms with Crippen molar-refractivity contribution in [3.8, 4) is 0 Å². The first-order valence-corrected chi connectivity index (χ1v) is 9.64. The molecular formula is C20H25N3O2. The first-order valence-electron chi connectivity index (χ1n) is 9.64. The van der Waals surface area contributed by atoms with Gasteiger partial charge in [0.2, 0.25) is 5.91 Å². The molecule has 4 fully saturated rings. The molecule has 1 aromatic rings. The van der Waals surface area contributed by atoms with Crippen LogP contribution in [0.1, 0.15) is 44.1 Å². The molecule has 5 heteroatoms. The molecule has 5 aliphatic rings. The maximum Gasteiger partial charge on any atom is 0.319 e. The quantitative estimate of drug-likeness (QED) is 0.771. The largest absolute Gasteiger partial charge is 0.335 e. The number of fused-ring (bicyclic) bond motifs is 1. The Morgan fingerprint density at radius 3 is 2.44 bits per heavy atom. The molecule has 1 aliphatic heterocycles. The van der Waals surface area contributed by atoms with E-state index in [1.54, 1.807) is 0 Å². The van der Waals surface area contributed by atoms with E-state index in [1.807, 2.05) is 18.2 Å². The molecule has 4 bridgehead atoms. The van der Waals surface area contributed by atoms with Gasteiger partial charge in [0.05, 0.1) is 0 Å². The van der Waals surface area contributed by atoms with Crippen LogP contribution in [0.5, 0.6) is 0 Å². The van der Waals surface area contributed by atoms with E-state index in [-0.39, 0.29) is 11.9 Å². The van der Waals surface area contributed by atoms with Crippen LogP contribution in [-0.2, 0) is 11.2 Å². The average molecular weight is 339 g/mol. The molecule has 0 spiro atoms. The van der Waals surface area contributed by atoms with Crippen LogP contribution in [0.4, 0.5) is 16.2 Å². The molecule has 5 nitrogen and oxygen atoms in total. The third-order valence-corrected chi connectivity index (χ3v) is 6.78. The van der Waals surface area contributed by atoms with Gasteiger partial charge in [-0.15, -0.1) is 0 Å². The lowest BCUT2D eigenvalue weighted by Gasteiger charge is -2.54. The fourth-order valence-corrected chi connectivity index (χ4v) is 5.94. The molecular weight excluding hydrogens is 314 g/mol. The highest BCUT2D eigenvalue weighted by atomic mass is 16.2. The molecule has 132 valence electrons. The summed E-state index contributed by atoms with van der Waals surface area (Å²) >= 11 is 0. The number of hydrogen-bond donors (Lipinski definition) is 3. The highest BCUT2D eigenvalue weighted by Crippen LogP contribution is 2.53. The van der Waals surface area contributed by atoms with Gasteiger partial charge in [-0.25, -0.2) is 4.79 Å². The van der Waals surface area contributed by atoms with Gasteiger partial charge in [0, 0.05) is 23.8 Å². The molecule has 3 amide bonds. The minimum Gasteiger partial charge on any atom is -0.335 e. The van der Waals surface area contributed by atoms with E-state index in [9.17, 15) is 9.59 Å². The second kappa shape index (κ2) is 5.75. The van der Waals surface area contributed by atoms with Crippen LogP contribution in [0.25, 0.3) is 0 Å². The molecule has 25 heavy (non-hydrogen) atoms. The molecule has 0 saturated heterocycles. The Morgan fingerprint density at radius 2 is 1.72 bits per heavy atom. The van der Waals surface area contributed by atoms with Crippen molar-refractivity contribution in [2.24, 2.45) is 23.7 Å². The minimum absolute atomic E-state index is 0.0628. The fourth-order valence-electron chi connectivity index (χ4n) is 5.94. The van der Waals surface area contributed by atoms with E-state index in [1.165, 1.54) is 32.1 Å². The Bertz CT molecular complexity index is 702. The third kappa shape index (κ3) is 2.79. The predicted octanol–water partition coefficient (Wildman–Crippen LogP) is 3.52. The zero-order valence-corrected chi connectivity index (χ0v) is 14.4. The first-order chi connectivity index (χ1) is 12.1. The van der Waals surface area contributed by atoms with Crippen molar-refractivity contribution >= 4 is 23.3 Å². The number of carbonyl (C=O) groups excluding carboxylic acids is 2. The van der Waals surface area contributed by atoms with E-state index in [0.29, 0.717) is 24.3 Å². The number of anilines is 2. The Hall–Kier alpha value is -2.04. The van der Waals surface area contributed by atoms with E-state index in [0.717, 1.165) is 35.2 Å². The number of hydrogen-bond acceptors (Lipinski definition) is 2. The van der Waals surface area contributed by atoms with Crippen molar-refractivity contribution in [2.75, 3.05) is 10.6 Å². The molecule has 4 aliphatic carbocycles. The van der Waals surface area contributed by atoms with Gasteiger partial charge in [-0.2, -0.15) is 0 Å². The number of nitrogens with one attached hydrogen (secondary N) is 3. The molecule has 0 radical (unpaired) electrons. The summed E-state index contributed by atoms with van der Waals surface area (Å²) in [5.74, 6) is 3.26. The monoisotopic (exact) mass is 339 g/mol. The van der Waals surface area contributed by atoms with Crippen molar-refractivity contribution in [3.05, 3.63) is 23.8 Å². The summed E-state index contributed by atoms with van der Waals surface area (Å²) in [6.45, 7) is 0. The lowest BCUT2D eigenvalue weighted by molar-refractivity contribution is -0.116. The second-order valence-electron chi connectivity index (χ2n) is 8.48. The molecule has 0 aromatic heterocycles. The molecule has 3 N–H and O–H groups in total. The Balaban J connectivity index is 1.25. The van der Waals surface area contributed by atoms with Gasteiger partial charge in [0.25, 0.3) is 0 Å². The third-order valence-electron chi connectivity index (χ3n) is 6.78. The number of aryl methyl sites for hydroxylation is 1. The van der Waals surface area contributed by atoms with Crippen LogP contribution in [0.3, 0.4) is 0 Å². The van der Waals surface area contributed by atoms with Crippen molar-refractivity contribution in [3.63, 3.8) is 0 Å². The summed E-state index contributed by atoms with van der Waals surface area (Å²) in [6, 6.07) is 5.98. The number of carbonyl (C=O) groups is 2. The van der Waals surface area contributed by atoms with Gasteiger partial charge >= 0.3 is 6.03 Å². The maximum atomic E-state index is 12.5. The SMILES string of the molecule is O=C1CCc2cc(NC(=O)NC3C4CC5CC(C4)CC3C5)ccc2N1. The summed E-state index contributed by atoms with van der Waals surface area (Å²) in [4.78, 5) is 24.0. The predicted molar refractivity (Wildman–Crippen MR) is 96.4 cm³/mol. The van der Waals surface area contributed by atoms with E-state index >= 15 is 0 Å². The van der Waals surface area contributed by atoms with E-state index in [2.05, 4.69) is 16.0 Å². The van der Waals surface area contributed by atoms with E-state index < -0.39 is 0 Å². The van der Waals surface area contributed by atoms with E-state index in [4.69, 9.17) is 0 Å². The molecule has 1 aromatic carbocycles. The molecule has 0 unspecified atom stereocenters. The summed E-state index contributed by atoms with van der Waals surface area (Å²) in [5.41, 5.74) is 2.76. The standard InChI is InChI=1S/C20H25N3O2/c24-18-4-1-13-10-16(2-3-17(13)22-18)21-20(25)23-19-14-6-11-5-12(8-14)9-15(19)7-11/h2-3,10-12,14-15,19H,1,4-9H2,(H,22,24)(H2,21,23,25). The van der Waals surface area contributed by atoms with Gasteiger partial charge < -0.3 is 16.0 Å². The van der Waals surface area contributed by atoms with Gasteiger partial charge in [-0.1, -0.05) is 0 Å². The van der Waals surface area contributed by atoms with Crippen molar-refractivity contribution in [1.29, 1.82) is 0 Å². The summed E-state index contributed by atoms with van der Waals surface area (Å²) in [5, 5.41) is 9.15. The number of amides is 3. The average Bonchev–Trinajstić information content (AvgIpc) is 2.57. The minimum atomic E-state index is -0.0859. The van der Waals surface area contributed by atoms with Crippen LogP contribution < -0.4 is 16.0 Å². The van der Waals surface area contributed by atoms with Crippen LogP contribution in [0, 0.1) is 23.7 Å². The zero-order chi connectivity index (χ0) is 17.0. The lowest BCUT2D eigenvalue weighted by Crippen LogP contribution is -2.56. The van der Waals surface area contributed by atoms with Crippen molar-refractivity contribution in [2.45, 2.75) is 51.0 Å². The highest BCUT2D eigenvalue weighted by molar-refractivity contribution is 5.95. The zero-order valence-electron chi connectivity index (χ0n) is 14.4. The van der Waals surface area contributed by atoms with Gasteiger partial charge in [0.1, 0.15) is 0 Å². The number of benzene rings is 1. The smallest absolute Gasteiger partial charge is 0.319 e. The van der Waals surface area contributed by atoms with Crippen LogP contribution in [0.15, 0.2) is 18.2 Å². The maximum absolute atomic E-state index is 12.5. The van der Waals surface area contributed by atoms with Gasteiger partial charge in [0.15, 0.2) is 0 Å². The molecule has 4 saturated carbocycles. The molecule has 6 rings (SSSR count). The topological polar surface area (TPSA) is 70.2 Å². The number of rotatable bonds is 2. The van der Waals surface area contributed by atoms with Gasteiger partial charge in [-0.3, -0.25) is 4.79 Å². The summed E-state index contributed by atoms with van der Waals surface area (Å²) in [7, 11) is 0. The second-order valence-corrected chi connectivity index (χ2v) is 8.48. The summed E-state index contributed by atoms with van der Waals surface area (Å²) < 4.78 is 0. The van der Waals surface area contributed by atoms with Gasteiger partial charge in [-0.05, 0) is 86.0 Å². The molecule has 1 heterocycles. The Kier molecular flexibility index (Phi) is 3.50. The number of urea groups is 1. The van der Waals surface area contributed by atoms with Crippen LogP contribution in [0.2, 0.25) is 0 Å². The lowest BCUT2D eigenvalue weighted by atomic mass is 9.54. The van der Waals surface area contributed by atoms with Crippen molar-refractivity contribution in [1.82, 2.24) is 5.32 Å². The van der Waals surface area contributed by atoms with Crippen LogP contribution in [-0.4, -0.2) is 18.0 Å².